The van der Waals surface area contributed by atoms with Crippen LogP contribution in [0.2, 0.25) is 0 Å². The van der Waals surface area contributed by atoms with Gasteiger partial charge < -0.3 is 19.3 Å². The molecule has 1 saturated heterocycles. The van der Waals surface area contributed by atoms with Gasteiger partial charge in [-0.25, -0.2) is 4.79 Å². The minimum atomic E-state index is -0.714. The van der Waals surface area contributed by atoms with Crippen LogP contribution in [0.5, 0.6) is 0 Å². The smallest absolute Gasteiger partial charge is 0.330 e. The van der Waals surface area contributed by atoms with E-state index in [1.165, 1.54) is 13.2 Å². The summed E-state index contributed by atoms with van der Waals surface area (Å²) in [6, 6.07) is 19.6. The van der Waals surface area contributed by atoms with Gasteiger partial charge in [0.15, 0.2) is 0 Å². The van der Waals surface area contributed by atoms with Gasteiger partial charge in [-0.15, -0.1) is 0 Å². The maximum Gasteiger partial charge on any atom is 0.330 e. The van der Waals surface area contributed by atoms with Crippen molar-refractivity contribution in [1.29, 1.82) is 0 Å². The van der Waals surface area contributed by atoms with Gasteiger partial charge in [0.2, 0.25) is 5.91 Å². The summed E-state index contributed by atoms with van der Waals surface area (Å²) in [5.41, 5.74) is 2.67. The molecule has 1 aliphatic carbocycles. The molecular formula is C28H32N2O5. The van der Waals surface area contributed by atoms with E-state index in [0.29, 0.717) is 51.0 Å². The van der Waals surface area contributed by atoms with E-state index in [1.807, 2.05) is 53.4 Å². The van der Waals surface area contributed by atoms with Gasteiger partial charge in [0, 0.05) is 37.9 Å². The van der Waals surface area contributed by atoms with Crippen LogP contribution >= 0.6 is 0 Å². The highest BCUT2D eigenvalue weighted by Crippen LogP contribution is 2.37. The van der Waals surface area contributed by atoms with Crippen LogP contribution in [0, 0.1) is 11.8 Å². The molecule has 1 heterocycles. The molecule has 2 atom stereocenters. The Hall–Kier alpha value is -3.61. The highest BCUT2D eigenvalue weighted by atomic mass is 16.5. The molecule has 2 fully saturated rings. The number of esters is 2. The molecule has 0 bridgehead atoms. The number of ether oxygens (including phenoxy) is 2. The monoisotopic (exact) mass is 476 g/mol. The van der Waals surface area contributed by atoms with Crippen molar-refractivity contribution in [3.8, 4) is 0 Å². The first kappa shape index (κ1) is 24.5. The van der Waals surface area contributed by atoms with Crippen molar-refractivity contribution in [3.63, 3.8) is 0 Å². The Morgan fingerprint density at radius 2 is 1.60 bits per heavy atom. The highest BCUT2D eigenvalue weighted by Gasteiger charge is 2.42. The third-order valence-corrected chi connectivity index (χ3v) is 6.79. The van der Waals surface area contributed by atoms with E-state index in [2.05, 4.69) is 17.0 Å². The second-order valence-electron chi connectivity index (χ2n) is 8.96. The molecule has 2 aromatic rings. The van der Waals surface area contributed by atoms with Gasteiger partial charge in [-0.3, -0.25) is 9.59 Å². The van der Waals surface area contributed by atoms with Gasteiger partial charge in [0.25, 0.3) is 0 Å². The van der Waals surface area contributed by atoms with E-state index in [-0.39, 0.29) is 12.5 Å². The summed E-state index contributed by atoms with van der Waals surface area (Å²) in [6.45, 7) is 2.69. The maximum atomic E-state index is 13.8. The molecule has 0 N–H and O–H groups in total. The lowest BCUT2D eigenvalue weighted by atomic mass is 9.74. The summed E-state index contributed by atoms with van der Waals surface area (Å²) in [4.78, 5) is 43.1. The van der Waals surface area contributed by atoms with Crippen LogP contribution in [0.3, 0.4) is 0 Å². The molecule has 0 radical (unpaired) electrons. The number of benzene rings is 2. The van der Waals surface area contributed by atoms with E-state index in [4.69, 9.17) is 9.47 Å². The zero-order chi connectivity index (χ0) is 24.6. The van der Waals surface area contributed by atoms with Crippen LogP contribution in [-0.2, 0) is 30.5 Å². The summed E-state index contributed by atoms with van der Waals surface area (Å²) in [6.07, 6.45) is 3.23. The molecule has 0 spiro atoms. The molecule has 1 saturated carbocycles. The Morgan fingerprint density at radius 1 is 0.943 bits per heavy atom. The number of hydrogen-bond donors (Lipinski definition) is 0. The van der Waals surface area contributed by atoms with Crippen molar-refractivity contribution in [3.05, 3.63) is 77.9 Å². The van der Waals surface area contributed by atoms with E-state index in [0.717, 1.165) is 11.3 Å². The fraction of sp³-hybridized carbons (Fsp3) is 0.393. The van der Waals surface area contributed by atoms with Crippen LogP contribution in [-0.4, -0.2) is 56.0 Å². The van der Waals surface area contributed by atoms with Gasteiger partial charge in [-0.2, -0.15) is 0 Å². The topological polar surface area (TPSA) is 76.2 Å². The highest BCUT2D eigenvalue weighted by molar-refractivity contribution is 5.91. The molecule has 1 amide bonds. The average molecular weight is 477 g/mol. The zero-order valence-corrected chi connectivity index (χ0v) is 20.1. The number of piperazine rings is 1. The molecule has 4 rings (SSSR count). The first-order valence-electron chi connectivity index (χ1n) is 12.1. The van der Waals surface area contributed by atoms with E-state index in [9.17, 15) is 14.4 Å². The predicted molar refractivity (Wildman–Crippen MR) is 132 cm³/mol. The number of carbonyl (C=O) groups excluding carboxylic acids is 3. The Balaban J connectivity index is 1.49. The van der Waals surface area contributed by atoms with Crippen LogP contribution in [0.4, 0.5) is 5.69 Å². The lowest BCUT2D eigenvalue weighted by Gasteiger charge is -2.40. The van der Waals surface area contributed by atoms with Gasteiger partial charge in [0.1, 0.15) is 6.61 Å². The van der Waals surface area contributed by atoms with Crippen molar-refractivity contribution in [2.24, 2.45) is 11.8 Å². The number of rotatable bonds is 6. The van der Waals surface area contributed by atoms with Crippen LogP contribution in [0.1, 0.15) is 24.8 Å². The van der Waals surface area contributed by atoms with Gasteiger partial charge in [-0.1, -0.05) is 48.5 Å². The summed E-state index contributed by atoms with van der Waals surface area (Å²) in [5, 5.41) is 0. The molecule has 2 aliphatic rings. The summed E-state index contributed by atoms with van der Waals surface area (Å²) in [5.74, 6) is -2.36. The number of para-hydroxylation sites is 1. The molecule has 0 aromatic heterocycles. The van der Waals surface area contributed by atoms with E-state index >= 15 is 0 Å². The lowest BCUT2D eigenvalue weighted by Crippen LogP contribution is -2.52. The quantitative estimate of drug-likeness (QED) is 0.469. The fourth-order valence-electron chi connectivity index (χ4n) is 4.92. The molecule has 0 unspecified atom stereocenters. The van der Waals surface area contributed by atoms with Crippen molar-refractivity contribution < 1.29 is 23.9 Å². The second kappa shape index (κ2) is 11.7. The lowest BCUT2D eigenvalue weighted by molar-refractivity contribution is -0.156. The summed E-state index contributed by atoms with van der Waals surface area (Å²) in [7, 11) is 1.31. The number of amides is 1. The molecule has 2 aromatic carbocycles. The zero-order valence-electron chi connectivity index (χ0n) is 20.1. The van der Waals surface area contributed by atoms with Crippen molar-refractivity contribution in [1.82, 2.24) is 4.90 Å². The average Bonchev–Trinajstić information content (AvgIpc) is 2.92. The van der Waals surface area contributed by atoms with Crippen LogP contribution in [0.25, 0.3) is 0 Å². The third-order valence-electron chi connectivity index (χ3n) is 6.79. The Labute approximate surface area is 206 Å². The summed E-state index contributed by atoms with van der Waals surface area (Å²) >= 11 is 0. The third kappa shape index (κ3) is 6.10. The number of carbonyl (C=O) groups is 3. The molecule has 35 heavy (non-hydrogen) atoms. The molecule has 184 valence electrons. The second-order valence-corrected chi connectivity index (χ2v) is 8.96. The first-order chi connectivity index (χ1) is 17.1. The fourth-order valence-corrected chi connectivity index (χ4v) is 4.92. The Morgan fingerprint density at radius 3 is 2.26 bits per heavy atom. The number of hydrogen-bond acceptors (Lipinski definition) is 6. The number of anilines is 1. The van der Waals surface area contributed by atoms with E-state index in [1.54, 1.807) is 0 Å². The largest absolute Gasteiger partial charge is 0.466 e. The Bertz CT molecular complexity index is 1050. The number of methoxy groups -OCH3 is 1. The number of nitrogens with zero attached hydrogens (tertiary/aromatic N) is 2. The SMILES string of the molecule is COC(=O)C=C1CCC[C@H](C(=O)OCc2ccccc2)[C@@H]1C(=O)N1CCN(c2ccccc2)CC1. The van der Waals surface area contributed by atoms with Crippen molar-refractivity contribution in [2.75, 3.05) is 38.2 Å². The first-order valence-corrected chi connectivity index (χ1v) is 12.1. The molecule has 1 aliphatic heterocycles. The summed E-state index contributed by atoms with van der Waals surface area (Å²) < 4.78 is 10.5. The standard InChI is InChI=1S/C28H32N2O5/c1-34-25(31)19-22-11-8-14-24(28(33)35-20-21-9-4-2-5-10-21)26(22)27(32)30-17-15-29(16-18-30)23-12-6-3-7-13-23/h2-7,9-10,12-13,19,24,26H,8,11,14-18,20H2,1H3/t24-,26+/m0/s1. The molecular weight excluding hydrogens is 444 g/mol. The van der Waals surface area contributed by atoms with Crippen molar-refractivity contribution in [2.45, 2.75) is 25.9 Å². The van der Waals surface area contributed by atoms with Crippen molar-refractivity contribution >= 4 is 23.5 Å². The minimum Gasteiger partial charge on any atom is -0.466 e. The Kier molecular flexibility index (Phi) is 8.19. The molecule has 7 nitrogen and oxygen atoms in total. The van der Waals surface area contributed by atoms with Gasteiger partial charge in [-0.05, 0) is 42.5 Å². The van der Waals surface area contributed by atoms with Gasteiger partial charge >= 0.3 is 11.9 Å². The normalized spacial score (nSPS) is 21.5. The minimum absolute atomic E-state index is 0.116. The predicted octanol–water partition coefficient (Wildman–Crippen LogP) is 3.59. The van der Waals surface area contributed by atoms with Crippen LogP contribution in [0.15, 0.2) is 72.3 Å². The van der Waals surface area contributed by atoms with E-state index < -0.39 is 23.8 Å². The molecule has 7 heteroatoms. The van der Waals surface area contributed by atoms with Gasteiger partial charge in [0.05, 0.1) is 18.9 Å². The maximum absolute atomic E-state index is 13.8. The van der Waals surface area contributed by atoms with Crippen LogP contribution < -0.4 is 4.90 Å².